The molecule has 5 heteroatoms. The molecule has 0 unspecified atom stereocenters. The van der Waals surface area contributed by atoms with Crippen LogP contribution in [0.25, 0.3) is 0 Å². The maximum atomic E-state index is 13.1. The number of rotatable bonds is 4. The molecule has 0 aromatic heterocycles. The predicted molar refractivity (Wildman–Crippen MR) is 99.1 cm³/mol. The van der Waals surface area contributed by atoms with Crippen LogP contribution in [0.5, 0.6) is 5.75 Å². The van der Waals surface area contributed by atoms with E-state index in [0.717, 1.165) is 44.5 Å². The van der Waals surface area contributed by atoms with Crippen molar-refractivity contribution in [2.24, 2.45) is 11.8 Å². The Kier molecular flexibility index (Phi) is 4.88. The Morgan fingerprint density at radius 3 is 2.46 bits per heavy atom. The lowest BCUT2D eigenvalue weighted by Gasteiger charge is -2.36. The van der Waals surface area contributed by atoms with E-state index in [-0.39, 0.29) is 17.9 Å². The van der Waals surface area contributed by atoms with E-state index in [1.54, 1.807) is 0 Å². The zero-order valence-electron chi connectivity index (χ0n) is 15.5. The van der Waals surface area contributed by atoms with Crippen molar-refractivity contribution in [3.63, 3.8) is 0 Å². The molecule has 0 spiro atoms. The van der Waals surface area contributed by atoms with Crippen molar-refractivity contribution < 1.29 is 14.3 Å². The third-order valence-electron chi connectivity index (χ3n) is 6.15. The number of hydrogen-bond donors (Lipinski definition) is 0. The van der Waals surface area contributed by atoms with Gasteiger partial charge in [-0.05, 0) is 62.8 Å². The largest absolute Gasteiger partial charge is 0.494 e. The Hall–Kier alpha value is -2.04. The summed E-state index contributed by atoms with van der Waals surface area (Å²) < 4.78 is 5.47. The number of nitrogens with zero attached hydrogens (tertiary/aromatic N) is 2. The second-order valence-electron chi connectivity index (χ2n) is 7.88. The minimum absolute atomic E-state index is 0.0840. The SMILES string of the molecule is CCOc1ccc(C(=O)N2C[C@@H]3CC[C@H]2CN(C(=O)C2CCC2)C3)cc1. The first-order valence-corrected chi connectivity index (χ1v) is 9.98. The third-order valence-corrected chi connectivity index (χ3v) is 6.15. The minimum Gasteiger partial charge on any atom is -0.494 e. The molecule has 2 atom stereocenters. The third kappa shape index (κ3) is 3.31. The van der Waals surface area contributed by atoms with E-state index in [1.807, 2.05) is 36.1 Å². The highest BCUT2D eigenvalue weighted by atomic mass is 16.5. The van der Waals surface area contributed by atoms with E-state index in [1.165, 1.54) is 6.42 Å². The summed E-state index contributed by atoms with van der Waals surface area (Å²) in [4.78, 5) is 29.8. The standard InChI is InChI=1S/C21H28N2O3/c1-2-26-19-10-7-17(8-11-19)21(25)23-13-15-6-9-18(23)14-22(12-15)20(24)16-4-3-5-16/h7-8,10-11,15-16,18H,2-6,9,12-14H2,1H3/t15-,18+/m1/s1. The average Bonchev–Trinajstić information content (AvgIpc) is 2.92. The summed E-state index contributed by atoms with van der Waals surface area (Å²) in [6.45, 7) is 4.86. The number of benzene rings is 1. The van der Waals surface area contributed by atoms with Gasteiger partial charge in [0.05, 0.1) is 6.61 Å². The summed E-state index contributed by atoms with van der Waals surface area (Å²) in [7, 11) is 0. The van der Waals surface area contributed by atoms with Crippen molar-refractivity contribution >= 4 is 11.8 Å². The number of carbonyl (C=O) groups excluding carboxylic acids is 2. The van der Waals surface area contributed by atoms with E-state index in [9.17, 15) is 9.59 Å². The Morgan fingerprint density at radius 2 is 1.81 bits per heavy atom. The second kappa shape index (κ2) is 7.29. The molecule has 5 rings (SSSR count). The number of amides is 2. The first-order chi connectivity index (χ1) is 12.7. The van der Waals surface area contributed by atoms with Gasteiger partial charge in [-0.3, -0.25) is 9.59 Å². The van der Waals surface area contributed by atoms with Crippen LogP contribution in [0.2, 0.25) is 0 Å². The number of hydrogen-bond acceptors (Lipinski definition) is 3. The number of fused-ring (bicyclic) bond motifs is 4. The van der Waals surface area contributed by atoms with Crippen LogP contribution in [0, 0.1) is 11.8 Å². The zero-order valence-corrected chi connectivity index (χ0v) is 15.5. The molecule has 3 aliphatic heterocycles. The Morgan fingerprint density at radius 1 is 1.04 bits per heavy atom. The molecule has 0 N–H and O–H groups in total. The molecule has 1 aromatic rings. The molecule has 2 bridgehead atoms. The number of piperidine rings is 1. The Bertz CT molecular complexity index is 668. The van der Waals surface area contributed by atoms with Gasteiger partial charge in [-0.1, -0.05) is 6.42 Å². The first kappa shape index (κ1) is 17.4. The van der Waals surface area contributed by atoms with Gasteiger partial charge >= 0.3 is 0 Å². The monoisotopic (exact) mass is 356 g/mol. The van der Waals surface area contributed by atoms with Crippen molar-refractivity contribution in [2.45, 2.75) is 45.1 Å². The van der Waals surface area contributed by atoms with Gasteiger partial charge in [0, 0.05) is 37.2 Å². The molecular formula is C21H28N2O3. The van der Waals surface area contributed by atoms with Gasteiger partial charge in [0.2, 0.25) is 5.91 Å². The van der Waals surface area contributed by atoms with E-state index in [4.69, 9.17) is 4.74 Å². The van der Waals surface area contributed by atoms with Crippen LogP contribution in [0.15, 0.2) is 24.3 Å². The highest BCUT2D eigenvalue weighted by Crippen LogP contribution is 2.33. The van der Waals surface area contributed by atoms with Gasteiger partial charge in [-0.2, -0.15) is 0 Å². The van der Waals surface area contributed by atoms with Gasteiger partial charge < -0.3 is 14.5 Å². The highest BCUT2D eigenvalue weighted by molar-refractivity contribution is 5.94. The van der Waals surface area contributed by atoms with Gasteiger partial charge in [-0.25, -0.2) is 0 Å². The van der Waals surface area contributed by atoms with Crippen LogP contribution in [0.1, 0.15) is 49.4 Å². The molecule has 4 aliphatic rings. The average molecular weight is 356 g/mol. The van der Waals surface area contributed by atoms with Crippen LogP contribution < -0.4 is 4.74 Å². The van der Waals surface area contributed by atoms with Gasteiger partial charge in [-0.15, -0.1) is 0 Å². The van der Waals surface area contributed by atoms with Crippen LogP contribution >= 0.6 is 0 Å². The minimum atomic E-state index is 0.0840. The molecule has 4 fully saturated rings. The van der Waals surface area contributed by atoms with Crippen molar-refractivity contribution in [1.82, 2.24) is 9.80 Å². The summed E-state index contributed by atoms with van der Waals surface area (Å²) in [6, 6.07) is 7.57. The summed E-state index contributed by atoms with van der Waals surface area (Å²) in [5, 5.41) is 0. The highest BCUT2D eigenvalue weighted by Gasteiger charge is 2.40. The topological polar surface area (TPSA) is 49.9 Å². The second-order valence-corrected chi connectivity index (χ2v) is 7.88. The maximum absolute atomic E-state index is 13.1. The van der Waals surface area contributed by atoms with Crippen molar-refractivity contribution in [3.05, 3.63) is 29.8 Å². The van der Waals surface area contributed by atoms with Crippen LogP contribution in [0.3, 0.4) is 0 Å². The van der Waals surface area contributed by atoms with Gasteiger partial charge in [0.15, 0.2) is 0 Å². The molecule has 1 saturated carbocycles. The Balaban J connectivity index is 1.47. The molecule has 5 nitrogen and oxygen atoms in total. The molecule has 1 aromatic carbocycles. The molecule has 3 heterocycles. The number of carbonyl (C=O) groups is 2. The molecule has 140 valence electrons. The molecule has 1 aliphatic carbocycles. The van der Waals surface area contributed by atoms with E-state index in [0.29, 0.717) is 30.5 Å². The van der Waals surface area contributed by atoms with E-state index in [2.05, 4.69) is 4.90 Å². The fourth-order valence-electron chi connectivity index (χ4n) is 4.45. The van der Waals surface area contributed by atoms with Gasteiger partial charge in [0.1, 0.15) is 5.75 Å². The normalized spacial score (nSPS) is 25.6. The van der Waals surface area contributed by atoms with Crippen LogP contribution in [-0.4, -0.2) is 53.9 Å². The van der Waals surface area contributed by atoms with Crippen molar-refractivity contribution in [3.8, 4) is 5.75 Å². The summed E-state index contributed by atoms with van der Waals surface area (Å²) >= 11 is 0. The lowest BCUT2D eigenvalue weighted by atomic mass is 9.84. The van der Waals surface area contributed by atoms with Gasteiger partial charge in [0.25, 0.3) is 5.91 Å². The lowest BCUT2D eigenvalue weighted by Crippen LogP contribution is -2.48. The van der Waals surface area contributed by atoms with Crippen LogP contribution in [-0.2, 0) is 4.79 Å². The quantitative estimate of drug-likeness (QED) is 0.833. The van der Waals surface area contributed by atoms with Crippen molar-refractivity contribution in [2.75, 3.05) is 26.2 Å². The fourth-order valence-corrected chi connectivity index (χ4v) is 4.45. The summed E-state index contributed by atoms with van der Waals surface area (Å²) in [6.07, 6.45) is 5.38. The van der Waals surface area contributed by atoms with Crippen molar-refractivity contribution in [1.29, 1.82) is 0 Å². The first-order valence-electron chi connectivity index (χ1n) is 9.98. The molecule has 26 heavy (non-hydrogen) atoms. The Labute approximate surface area is 155 Å². The lowest BCUT2D eigenvalue weighted by molar-refractivity contribution is -0.138. The molecule has 0 radical (unpaired) electrons. The fraction of sp³-hybridized carbons (Fsp3) is 0.619. The predicted octanol–water partition coefficient (Wildman–Crippen LogP) is 2.95. The summed E-state index contributed by atoms with van der Waals surface area (Å²) in [5.74, 6) is 1.84. The smallest absolute Gasteiger partial charge is 0.254 e. The zero-order chi connectivity index (χ0) is 18.1. The number of ether oxygens (including phenoxy) is 1. The molecular weight excluding hydrogens is 328 g/mol. The van der Waals surface area contributed by atoms with E-state index >= 15 is 0 Å². The molecule has 2 amide bonds. The van der Waals surface area contributed by atoms with Crippen LogP contribution in [0.4, 0.5) is 0 Å². The maximum Gasteiger partial charge on any atom is 0.254 e. The summed E-state index contributed by atoms with van der Waals surface area (Å²) in [5.41, 5.74) is 0.706. The molecule has 3 saturated heterocycles. The van der Waals surface area contributed by atoms with E-state index < -0.39 is 0 Å².